The van der Waals surface area contributed by atoms with Gasteiger partial charge in [0.05, 0.1) is 6.04 Å². The molecule has 0 saturated heterocycles. The predicted octanol–water partition coefficient (Wildman–Crippen LogP) is 3.64. The molecule has 9 heteroatoms. The van der Waals surface area contributed by atoms with E-state index in [1.807, 2.05) is 42.5 Å². The fourth-order valence-corrected chi connectivity index (χ4v) is 4.97. The van der Waals surface area contributed by atoms with Crippen molar-refractivity contribution in [3.05, 3.63) is 93.1 Å². The van der Waals surface area contributed by atoms with E-state index in [2.05, 4.69) is 21.5 Å². The molecule has 1 unspecified atom stereocenters. The van der Waals surface area contributed by atoms with E-state index in [1.54, 1.807) is 12.4 Å². The maximum atomic E-state index is 12.8. The van der Waals surface area contributed by atoms with Crippen LogP contribution in [0.15, 0.2) is 70.7 Å². The van der Waals surface area contributed by atoms with Crippen molar-refractivity contribution in [2.75, 3.05) is 0 Å². The summed E-state index contributed by atoms with van der Waals surface area (Å²) in [6.45, 7) is -0.138. The van der Waals surface area contributed by atoms with Crippen LogP contribution in [0.25, 0.3) is 5.65 Å². The number of hydrogen-bond acceptors (Lipinski definition) is 5. The van der Waals surface area contributed by atoms with Crippen LogP contribution < -0.4 is 11.0 Å². The first-order valence-electron chi connectivity index (χ1n) is 10.3. The quantitative estimate of drug-likeness (QED) is 0.440. The van der Waals surface area contributed by atoms with E-state index in [9.17, 15) is 9.59 Å². The molecule has 0 spiro atoms. The first-order valence-corrected chi connectivity index (χ1v) is 11.6. The van der Waals surface area contributed by atoms with E-state index >= 15 is 0 Å². The molecule has 1 N–H and O–H groups in total. The van der Waals surface area contributed by atoms with E-state index < -0.39 is 0 Å². The molecule has 5 rings (SSSR count). The van der Waals surface area contributed by atoms with Gasteiger partial charge in [-0.1, -0.05) is 59.8 Å². The number of aryl methyl sites for hydroxylation is 1. The van der Waals surface area contributed by atoms with Crippen LogP contribution in [-0.4, -0.2) is 25.1 Å². The highest BCUT2D eigenvalue weighted by molar-refractivity contribution is 7.98. The Labute approximate surface area is 193 Å². The molecule has 0 radical (unpaired) electrons. The normalized spacial score (nSPS) is 15.1. The van der Waals surface area contributed by atoms with Crippen LogP contribution in [0, 0.1) is 0 Å². The van der Waals surface area contributed by atoms with Crippen LogP contribution in [0.5, 0.6) is 0 Å². The van der Waals surface area contributed by atoms with Crippen molar-refractivity contribution < 1.29 is 4.79 Å². The Hall–Kier alpha value is -3.10. The van der Waals surface area contributed by atoms with E-state index in [-0.39, 0.29) is 24.2 Å². The maximum absolute atomic E-state index is 12.8. The van der Waals surface area contributed by atoms with E-state index in [1.165, 1.54) is 26.4 Å². The largest absolute Gasteiger partial charge is 0.350 e. The molecule has 2 aromatic carbocycles. The van der Waals surface area contributed by atoms with E-state index in [4.69, 9.17) is 11.6 Å². The van der Waals surface area contributed by atoms with Crippen molar-refractivity contribution in [3.8, 4) is 0 Å². The Balaban J connectivity index is 1.32. The van der Waals surface area contributed by atoms with Crippen LogP contribution in [0.2, 0.25) is 5.02 Å². The fraction of sp³-hybridized carbons (Fsp3) is 0.217. The highest BCUT2D eigenvalue weighted by atomic mass is 35.5. The summed E-state index contributed by atoms with van der Waals surface area (Å²) >= 11 is 7.42. The molecule has 1 aliphatic carbocycles. The smallest absolute Gasteiger partial charge is 0.348 e. The number of halogens is 1. The topological polar surface area (TPSA) is 81.3 Å². The van der Waals surface area contributed by atoms with Gasteiger partial charge in [0, 0.05) is 23.2 Å². The van der Waals surface area contributed by atoms with Gasteiger partial charge in [0.2, 0.25) is 5.91 Å². The number of nitrogens with zero attached hydrogens (tertiary/aromatic N) is 4. The Morgan fingerprint density at radius 2 is 2.00 bits per heavy atom. The van der Waals surface area contributed by atoms with Crippen molar-refractivity contribution in [1.82, 2.24) is 24.5 Å². The zero-order valence-corrected chi connectivity index (χ0v) is 18.6. The van der Waals surface area contributed by atoms with Crippen molar-refractivity contribution in [3.63, 3.8) is 0 Å². The van der Waals surface area contributed by atoms with Gasteiger partial charge in [-0.2, -0.15) is 0 Å². The lowest BCUT2D eigenvalue weighted by Gasteiger charge is -2.13. The highest BCUT2D eigenvalue weighted by Crippen LogP contribution is 2.30. The molecule has 162 valence electrons. The number of carbonyl (C=O) groups is 1. The number of thioether (sulfide) groups is 1. The van der Waals surface area contributed by atoms with Crippen LogP contribution in [0.1, 0.15) is 29.2 Å². The molecule has 7 nitrogen and oxygen atoms in total. The third-order valence-corrected chi connectivity index (χ3v) is 6.81. The second-order valence-electron chi connectivity index (χ2n) is 7.64. The number of rotatable bonds is 6. The lowest BCUT2D eigenvalue weighted by molar-refractivity contribution is -0.122. The summed E-state index contributed by atoms with van der Waals surface area (Å²) in [7, 11) is 0. The Bertz CT molecular complexity index is 1350. The van der Waals surface area contributed by atoms with Crippen LogP contribution in [-0.2, 0) is 23.5 Å². The maximum Gasteiger partial charge on any atom is 0.350 e. The minimum atomic E-state index is -0.363. The van der Waals surface area contributed by atoms with Gasteiger partial charge in [-0.25, -0.2) is 18.9 Å². The molecule has 0 saturated carbocycles. The summed E-state index contributed by atoms with van der Waals surface area (Å²) in [6.07, 6.45) is 4.94. The molecule has 4 aromatic rings. The van der Waals surface area contributed by atoms with Gasteiger partial charge in [-0.05, 0) is 41.7 Å². The summed E-state index contributed by atoms with van der Waals surface area (Å²) < 4.78 is 2.62. The second-order valence-corrected chi connectivity index (χ2v) is 9.04. The predicted molar refractivity (Wildman–Crippen MR) is 124 cm³/mol. The van der Waals surface area contributed by atoms with Gasteiger partial charge in [0.15, 0.2) is 5.65 Å². The number of amides is 1. The summed E-state index contributed by atoms with van der Waals surface area (Å²) in [5.41, 5.74) is 3.57. The molecule has 0 fully saturated rings. The van der Waals surface area contributed by atoms with Gasteiger partial charge in [-0.3, -0.25) is 4.79 Å². The van der Waals surface area contributed by atoms with Gasteiger partial charge in [0.1, 0.15) is 11.6 Å². The SMILES string of the molecule is O=C(Cn1nc2c(SCc3ccc(Cl)cc3)nccn2c1=O)NC1CCc2ccccc21. The molecular formula is C23H20ClN5O2S. The van der Waals surface area contributed by atoms with E-state index in [0.717, 1.165) is 24.0 Å². The Kier molecular flexibility index (Phi) is 5.71. The number of fused-ring (bicyclic) bond motifs is 2. The van der Waals surface area contributed by atoms with Gasteiger partial charge in [-0.15, -0.1) is 5.10 Å². The number of hydrogen-bond donors (Lipinski definition) is 1. The van der Waals surface area contributed by atoms with E-state index in [0.29, 0.717) is 21.4 Å². The average Bonchev–Trinajstić information content (AvgIpc) is 3.35. The first-order chi connectivity index (χ1) is 15.6. The summed E-state index contributed by atoms with van der Waals surface area (Å²) in [5, 5.41) is 8.75. The lowest BCUT2D eigenvalue weighted by Crippen LogP contribution is -2.34. The number of nitrogens with one attached hydrogen (secondary N) is 1. The molecule has 1 amide bonds. The lowest BCUT2D eigenvalue weighted by atomic mass is 10.1. The zero-order valence-electron chi connectivity index (χ0n) is 17.1. The molecule has 1 atom stereocenters. The van der Waals surface area contributed by atoms with Gasteiger partial charge in [0.25, 0.3) is 0 Å². The first kappa shape index (κ1) is 20.8. The average molecular weight is 466 g/mol. The summed E-state index contributed by atoms with van der Waals surface area (Å²) in [4.78, 5) is 29.9. The molecule has 2 aromatic heterocycles. The minimum Gasteiger partial charge on any atom is -0.348 e. The number of benzene rings is 2. The standard InChI is InChI=1S/C23H20ClN5O2S/c24-17-8-5-15(6-9-17)14-32-22-21-27-29(23(31)28(21)12-11-25-22)13-20(30)26-19-10-7-16-3-1-2-4-18(16)19/h1-6,8-9,11-12,19H,7,10,13-14H2,(H,26,30). The van der Waals surface area contributed by atoms with Crippen molar-refractivity contribution in [1.29, 1.82) is 0 Å². The van der Waals surface area contributed by atoms with Gasteiger partial charge >= 0.3 is 5.69 Å². The molecule has 2 heterocycles. The number of carbonyl (C=O) groups excluding carboxylic acids is 1. The second kappa shape index (κ2) is 8.80. The van der Waals surface area contributed by atoms with Crippen LogP contribution in [0.3, 0.4) is 0 Å². The molecule has 1 aliphatic rings. The Morgan fingerprint density at radius 3 is 2.84 bits per heavy atom. The van der Waals surface area contributed by atoms with Crippen molar-refractivity contribution in [2.45, 2.75) is 36.2 Å². The Morgan fingerprint density at radius 1 is 1.19 bits per heavy atom. The summed E-state index contributed by atoms with van der Waals surface area (Å²) in [5.74, 6) is 0.424. The molecular weight excluding hydrogens is 446 g/mol. The summed E-state index contributed by atoms with van der Waals surface area (Å²) in [6, 6.07) is 15.7. The zero-order chi connectivity index (χ0) is 22.1. The highest BCUT2D eigenvalue weighted by Gasteiger charge is 2.24. The molecule has 0 aliphatic heterocycles. The third kappa shape index (κ3) is 4.16. The van der Waals surface area contributed by atoms with Crippen molar-refractivity contribution in [2.24, 2.45) is 0 Å². The minimum absolute atomic E-state index is 0.0291. The molecule has 32 heavy (non-hydrogen) atoms. The fourth-order valence-electron chi connectivity index (χ4n) is 3.95. The van der Waals surface area contributed by atoms with Crippen LogP contribution >= 0.6 is 23.4 Å². The third-order valence-electron chi connectivity index (χ3n) is 5.52. The van der Waals surface area contributed by atoms with Gasteiger partial charge < -0.3 is 5.32 Å². The van der Waals surface area contributed by atoms with Crippen molar-refractivity contribution >= 4 is 34.9 Å². The molecule has 0 bridgehead atoms. The van der Waals surface area contributed by atoms with Crippen LogP contribution in [0.4, 0.5) is 0 Å². The number of aromatic nitrogens is 4. The monoisotopic (exact) mass is 465 g/mol.